The lowest BCUT2D eigenvalue weighted by molar-refractivity contribution is -0.385. The number of thiazole rings is 1. The minimum absolute atomic E-state index is 0.00404. The number of nitro groups is 1. The SMILES string of the molecule is O=C(N/N=C/c1cc(Br)cc([N+](=O)[O-])c1O)c1csc(CS(=O)(=O)Cc2ccco2)n1. The molecule has 2 N–H and O–H groups in total. The molecular formula is C17H13BrN4O7S2. The van der Waals surface area contributed by atoms with E-state index in [1.54, 1.807) is 12.1 Å². The van der Waals surface area contributed by atoms with Gasteiger partial charge in [-0.15, -0.1) is 11.3 Å². The molecule has 0 fully saturated rings. The molecule has 0 aliphatic heterocycles. The molecule has 11 nitrogen and oxygen atoms in total. The van der Waals surface area contributed by atoms with E-state index < -0.39 is 32.1 Å². The van der Waals surface area contributed by atoms with Crippen molar-refractivity contribution in [1.82, 2.24) is 10.4 Å². The Kier molecular flexibility index (Phi) is 6.82. The van der Waals surface area contributed by atoms with Crippen molar-refractivity contribution in [2.45, 2.75) is 11.5 Å². The normalized spacial score (nSPS) is 11.6. The molecule has 0 spiro atoms. The maximum Gasteiger partial charge on any atom is 0.312 e. The molecule has 0 atom stereocenters. The van der Waals surface area contributed by atoms with Crippen LogP contribution in [0.25, 0.3) is 0 Å². The summed E-state index contributed by atoms with van der Waals surface area (Å²) in [4.78, 5) is 26.3. The smallest absolute Gasteiger partial charge is 0.312 e. The number of hydrazone groups is 1. The lowest BCUT2D eigenvalue weighted by Crippen LogP contribution is -2.18. The van der Waals surface area contributed by atoms with Crippen molar-refractivity contribution < 1.29 is 27.7 Å². The number of hydrogen-bond donors (Lipinski definition) is 2. The number of sulfone groups is 1. The number of nitro benzene ring substituents is 1. The fourth-order valence-electron chi connectivity index (χ4n) is 2.39. The average molecular weight is 529 g/mol. The number of rotatable bonds is 8. The van der Waals surface area contributed by atoms with E-state index in [-0.39, 0.29) is 27.8 Å². The highest BCUT2D eigenvalue weighted by molar-refractivity contribution is 9.10. The van der Waals surface area contributed by atoms with Crippen LogP contribution < -0.4 is 5.43 Å². The maximum absolute atomic E-state index is 12.2. The van der Waals surface area contributed by atoms with Gasteiger partial charge in [-0.2, -0.15) is 5.10 Å². The summed E-state index contributed by atoms with van der Waals surface area (Å²) in [5, 5.41) is 26.1. The van der Waals surface area contributed by atoms with E-state index in [4.69, 9.17) is 4.42 Å². The van der Waals surface area contributed by atoms with Gasteiger partial charge in [-0.25, -0.2) is 18.8 Å². The molecule has 0 bridgehead atoms. The first-order valence-corrected chi connectivity index (χ1v) is 11.8. The van der Waals surface area contributed by atoms with E-state index in [0.29, 0.717) is 10.2 Å². The number of nitrogens with zero attached hydrogens (tertiary/aromatic N) is 3. The van der Waals surface area contributed by atoms with Crippen LogP contribution in [0.2, 0.25) is 0 Å². The van der Waals surface area contributed by atoms with Gasteiger partial charge in [0.25, 0.3) is 5.91 Å². The second kappa shape index (κ2) is 9.36. The highest BCUT2D eigenvalue weighted by Crippen LogP contribution is 2.32. The Labute approximate surface area is 187 Å². The van der Waals surface area contributed by atoms with Gasteiger partial charge in [-0.3, -0.25) is 14.9 Å². The van der Waals surface area contributed by atoms with Crippen LogP contribution in [0.3, 0.4) is 0 Å². The predicted octanol–water partition coefficient (Wildman–Crippen LogP) is 2.99. The summed E-state index contributed by atoms with van der Waals surface area (Å²) in [6, 6.07) is 5.64. The number of amides is 1. The molecule has 0 radical (unpaired) electrons. The number of nitrogens with one attached hydrogen (secondary N) is 1. The average Bonchev–Trinajstić information content (AvgIpc) is 3.35. The molecule has 14 heteroatoms. The van der Waals surface area contributed by atoms with Crippen molar-refractivity contribution in [3.63, 3.8) is 0 Å². The fourth-order valence-corrected chi connectivity index (χ4v) is 5.37. The zero-order valence-electron chi connectivity index (χ0n) is 15.4. The highest BCUT2D eigenvalue weighted by Gasteiger charge is 2.20. The minimum Gasteiger partial charge on any atom is -0.502 e. The first-order valence-electron chi connectivity index (χ1n) is 8.32. The number of aromatic hydroxyl groups is 1. The number of carbonyl (C=O) groups is 1. The number of phenolic OH excluding ortho intramolecular Hbond substituents is 1. The summed E-state index contributed by atoms with van der Waals surface area (Å²) in [5.74, 6) is -1.66. The number of carbonyl (C=O) groups excluding carboxylic acids is 1. The third-order valence-corrected chi connectivity index (χ3v) is 6.65. The molecule has 0 saturated carbocycles. The van der Waals surface area contributed by atoms with Gasteiger partial charge in [0.05, 0.1) is 17.4 Å². The van der Waals surface area contributed by atoms with Gasteiger partial charge in [-0.1, -0.05) is 15.9 Å². The number of phenols is 1. The molecule has 0 saturated heterocycles. The number of hydrogen-bond acceptors (Lipinski definition) is 10. The summed E-state index contributed by atoms with van der Waals surface area (Å²) in [5.41, 5.74) is 1.60. The number of aromatic nitrogens is 1. The molecule has 0 aliphatic carbocycles. The molecule has 2 heterocycles. The lowest BCUT2D eigenvalue weighted by atomic mass is 10.2. The monoisotopic (exact) mass is 528 g/mol. The van der Waals surface area contributed by atoms with E-state index in [0.717, 1.165) is 23.6 Å². The Morgan fingerprint density at radius 3 is 2.87 bits per heavy atom. The highest BCUT2D eigenvalue weighted by atomic mass is 79.9. The van der Waals surface area contributed by atoms with Gasteiger partial charge in [0.15, 0.2) is 9.84 Å². The molecule has 3 aromatic rings. The first kappa shape index (κ1) is 22.6. The van der Waals surface area contributed by atoms with E-state index in [9.17, 15) is 28.4 Å². The Bertz CT molecular complexity index is 1250. The first-order chi connectivity index (χ1) is 14.6. The molecular weight excluding hydrogens is 516 g/mol. The molecule has 0 aliphatic rings. The molecule has 162 valence electrons. The Morgan fingerprint density at radius 2 is 2.19 bits per heavy atom. The summed E-state index contributed by atoms with van der Waals surface area (Å²) >= 11 is 4.09. The van der Waals surface area contributed by atoms with Crippen LogP contribution >= 0.6 is 27.3 Å². The van der Waals surface area contributed by atoms with E-state index in [2.05, 4.69) is 31.4 Å². The molecule has 31 heavy (non-hydrogen) atoms. The maximum atomic E-state index is 12.2. The van der Waals surface area contributed by atoms with E-state index in [1.165, 1.54) is 17.7 Å². The van der Waals surface area contributed by atoms with Crippen molar-refractivity contribution >= 4 is 54.9 Å². The number of benzene rings is 1. The van der Waals surface area contributed by atoms with Crippen LogP contribution in [0.4, 0.5) is 5.69 Å². The van der Waals surface area contributed by atoms with Gasteiger partial charge in [0.2, 0.25) is 5.75 Å². The molecule has 1 aromatic carbocycles. The predicted molar refractivity (Wildman–Crippen MR) is 115 cm³/mol. The Morgan fingerprint density at radius 1 is 1.42 bits per heavy atom. The van der Waals surface area contributed by atoms with Crippen molar-refractivity contribution in [2.75, 3.05) is 0 Å². The van der Waals surface area contributed by atoms with Crippen molar-refractivity contribution in [2.24, 2.45) is 5.10 Å². The van der Waals surface area contributed by atoms with Gasteiger partial charge in [0, 0.05) is 21.5 Å². The summed E-state index contributed by atoms with van der Waals surface area (Å²) in [6.07, 6.45) is 2.41. The van der Waals surface area contributed by atoms with Crippen LogP contribution in [0.1, 0.15) is 26.8 Å². The van der Waals surface area contributed by atoms with Crippen LogP contribution in [-0.4, -0.2) is 35.6 Å². The Hall–Kier alpha value is -3.10. The van der Waals surface area contributed by atoms with Gasteiger partial charge in [-0.05, 0) is 18.2 Å². The molecule has 2 aromatic heterocycles. The number of halogens is 1. The largest absolute Gasteiger partial charge is 0.502 e. The zero-order chi connectivity index (χ0) is 22.6. The van der Waals surface area contributed by atoms with Crippen molar-refractivity contribution in [1.29, 1.82) is 0 Å². The van der Waals surface area contributed by atoms with Crippen molar-refractivity contribution in [3.05, 3.63) is 72.5 Å². The third-order valence-electron chi connectivity index (χ3n) is 3.72. The second-order valence-electron chi connectivity index (χ2n) is 6.06. The van der Waals surface area contributed by atoms with Crippen LogP contribution in [0.15, 0.2) is 49.9 Å². The Balaban J connectivity index is 1.65. The minimum atomic E-state index is -3.54. The second-order valence-corrected chi connectivity index (χ2v) is 9.98. The quantitative estimate of drug-likeness (QED) is 0.255. The molecule has 1 amide bonds. The van der Waals surface area contributed by atoms with Crippen LogP contribution in [-0.2, 0) is 21.3 Å². The van der Waals surface area contributed by atoms with E-state index in [1.807, 2.05) is 0 Å². The zero-order valence-corrected chi connectivity index (χ0v) is 18.6. The van der Waals surface area contributed by atoms with Crippen LogP contribution in [0, 0.1) is 10.1 Å². The van der Waals surface area contributed by atoms with Gasteiger partial charge >= 0.3 is 5.69 Å². The summed E-state index contributed by atoms with van der Waals surface area (Å²) in [6.45, 7) is 0. The van der Waals surface area contributed by atoms with Gasteiger partial charge in [0.1, 0.15) is 28.0 Å². The molecule has 0 unspecified atom stereocenters. The molecule has 3 rings (SSSR count). The number of furan rings is 1. The van der Waals surface area contributed by atoms with Gasteiger partial charge < -0.3 is 9.52 Å². The summed E-state index contributed by atoms with van der Waals surface area (Å²) in [7, 11) is -3.54. The van der Waals surface area contributed by atoms with Crippen LogP contribution in [0.5, 0.6) is 5.75 Å². The lowest BCUT2D eigenvalue weighted by Gasteiger charge is -2.02. The summed E-state index contributed by atoms with van der Waals surface area (Å²) < 4.78 is 29.8. The third kappa shape index (κ3) is 5.96. The standard InChI is InChI=1S/C17H13BrN4O7S2/c18-11-4-10(16(23)14(5-11)22(25)26)6-19-21-17(24)13-7-30-15(20-13)9-31(27,28)8-12-2-1-3-29-12/h1-7,23H,8-9H2,(H,21,24)/b19-6+. The van der Waals surface area contributed by atoms with Crippen molar-refractivity contribution in [3.8, 4) is 5.75 Å². The fraction of sp³-hybridized carbons (Fsp3) is 0.118. The van der Waals surface area contributed by atoms with E-state index >= 15 is 0 Å². The topological polar surface area (TPSA) is 165 Å².